The van der Waals surface area contributed by atoms with Crippen molar-refractivity contribution in [3.63, 3.8) is 0 Å². The maximum atomic E-state index is 12.5. The molecule has 0 spiro atoms. The van der Waals surface area contributed by atoms with Gasteiger partial charge in [0.15, 0.2) is 0 Å². The Labute approximate surface area is 160 Å². The summed E-state index contributed by atoms with van der Waals surface area (Å²) in [5, 5.41) is 9.15. The minimum atomic E-state index is -0.924. The Morgan fingerprint density at radius 2 is 1.74 bits per heavy atom. The zero-order valence-electron chi connectivity index (χ0n) is 15.8. The number of aliphatic carboxylic acids is 1. The topological polar surface area (TPSA) is 92.9 Å². The first-order valence-corrected chi connectivity index (χ1v) is 10.0. The lowest BCUT2D eigenvalue weighted by molar-refractivity contribution is -0.154. The number of carboxylic acids is 1. The van der Waals surface area contributed by atoms with E-state index in [1.807, 2.05) is 24.3 Å². The van der Waals surface area contributed by atoms with Gasteiger partial charge in [-0.2, -0.15) is 0 Å². The molecule has 2 atom stereocenters. The third-order valence-corrected chi connectivity index (χ3v) is 5.71. The highest BCUT2D eigenvalue weighted by Crippen LogP contribution is 2.25. The van der Waals surface area contributed by atoms with Crippen molar-refractivity contribution in [2.75, 3.05) is 6.54 Å². The molecule has 1 saturated heterocycles. The first kappa shape index (κ1) is 19.8. The van der Waals surface area contributed by atoms with Crippen molar-refractivity contribution in [2.45, 2.75) is 76.2 Å². The molecular formula is C21H30N2O4. The molecule has 0 radical (unpaired) electrons. The lowest BCUT2D eigenvalue weighted by Gasteiger charge is -2.30. The smallest absolute Gasteiger partial charge is 0.326 e. The van der Waals surface area contributed by atoms with Crippen molar-refractivity contribution in [3.05, 3.63) is 35.4 Å². The van der Waals surface area contributed by atoms with Gasteiger partial charge < -0.3 is 20.5 Å². The summed E-state index contributed by atoms with van der Waals surface area (Å²) in [5.74, 6) is -1.11. The minimum absolute atomic E-state index is 0.190. The van der Waals surface area contributed by atoms with Gasteiger partial charge in [-0.25, -0.2) is 4.79 Å². The van der Waals surface area contributed by atoms with Crippen molar-refractivity contribution < 1.29 is 19.4 Å². The number of hydrogen-bond donors (Lipinski definition) is 2. The third-order valence-electron chi connectivity index (χ3n) is 5.71. The van der Waals surface area contributed by atoms with Crippen molar-refractivity contribution in [2.24, 2.45) is 5.73 Å². The molecule has 1 unspecified atom stereocenters. The summed E-state index contributed by atoms with van der Waals surface area (Å²) in [4.78, 5) is 25.1. The van der Waals surface area contributed by atoms with Crippen molar-refractivity contribution in [1.82, 2.24) is 4.90 Å². The number of carbonyl (C=O) groups excluding carboxylic acids is 1. The van der Waals surface area contributed by atoms with Gasteiger partial charge in [-0.05, 0) is 36.8 Å². The first-order chi connectivity index (χ1) is 13.1. The Kier molecular flexibility index (Phi) is 6.85. The molecule has 1 aromatic rings. The molecule has 3 aliphatic rings. The van der Waals surface area contributed by atoms with Gasteiger partial charge in [-0.1, -0.05) is 43.5 Å². The number of nitrogens with two attached hydrogens (primary N) is 1. The van der Waals surface area contributed by atoms with Crippen LogP contribution in [0.4, 0.5) is 0 Å². The molecule has 2 fully saturated rings. The fourth-order valence-corrected chi connectivity index (χ4v) is 4.11. The molecule has 0 bridgehead atoms. The van der Waals surface area contributed by atoms with Gasteiger partial charge in [0.05, 0.1) is 6.61 Å². The van der Waals surface area contributed by atoms with E-state index < -0.39 is 18.1 Å². The van der Waals surface area contributed by atoms with Gasteiger partial charge in [-0.15, -0.1) is 0 Å². The summed E-state index contributed by atoms with van der Waals surface area (Å²) < 4.78 is 5.62. The second-order valence-corrected chi connectivity index (χ2v) is 7.70. The number of nitrogens with zero attached hydrogens (tertiary/aromatic N) is 1. The lowest BCUT2D eigenvalue weighted by Crippen LogP contribution is -2.47. The Balaban J connectivity index is 0.000000253. The van der Waals surface area contributed by atoms with Gasteiger partial charge in [0.2, 0.25) is 0 Å². The van der Waals surface area contributed by atoms with Crippen LogP contribution in [0.1, 0.15) is 56.1 Å². The number of benzene rings is 1. The molecule has 2 heterocycles. The molecule has 2 aliphatic heterocycles. The highest BCUT2D eigenvalue weighted by molar-refractivity contribution is 5.87. The largest absolute Gasteiger partial charge is 0.480 e. The summed E-state index contributed by atoms with van der Waals surface area (Å²) in [6, 6.07) is 7.73. The second-order valence-electron chi connectivity index (χ2n) is 7.70. The predicted molar refractivity (Wildman–Crippen MR) is 102 cm³/mol. The van der Waals surface area contributed by atoms with Gasteiger partial charge >= 0.3 is 5.97 Å². The molecule has 1 saturated carbocycles. The molecular weight excluding hydrogens is 344 g/mol. The van der Waals surface area contributed by atoms with Crippen molar-refractivity contribution in [3.8, 4) is 0 Å². The van der Waals surface area contributed by atoms with Gasteiger partial charge in [-0.3, -0.25) is 4.79 Å². The van der Waals surface area contributed by atoms with Crippen LogP contribution in [0.2, 0.25) is 0 Å². The second kappa shape index (κ2) is 9.33. The van der Waals surface area contributed by atoms with E-state index in [0.717, 1.165) is 17.5 Å². The summed E-state index contributed by atoms with van der Waals surface area (Å²) in [6.45, 7) is 0.926. The zero-order chi connectivity index (χ0) is 19.2. The van der Waals surface area contributed by atoms with E-state index in [9.17, 15) is 9.59 Å². The molecule has 1 aliphatic carbocycles. The highest BCUT2D eigenvalue weighted by atomic mass is 16.5. The Morgan fingerprint density at radius 1 is 1.04 bits per heavy atom. The molecule has 3 N–H and O–H groups in total. The molecule has 6 nitrogen and oxygen atoms in total. The van der Waals surface area contributed by atoms with Crippen LogP contribution in [0.15, 0.2) is 24.3 Å². The third kappa shape index (κ3) is 5.08. The number of fused-ring (bicyclic) bond motifs is 1. The van der Waals surface area contributed by atoms with E-state index >= 15 is 0 Å². The fourth-order valence-electron chi connectivity index (χ4n) is 4.11. The SMILES string of the molecule is NC1CCCCC1.O=C(O)[C@@H]1CCCN1C(=O)C1Cc2ccccc2CO1. The minimum Gasteiger partial charge on any atom is -0.480 e. The monoisotopic (exact) mass is 374 g/mol. The zero-order valence-corrected chi connectivity index (χ0v) is 15.8. The van der Waals surface area contributed by atoms with Gasteiger partial charge in [0, 0.05) is 19.0 Å². The van der Waals surface area contributed by atoms with E-state index in [2.05, 4.69) is 0 Å². The summed E-state index contributed by atoms with van der Waals surface area (Å²) in [6.07, 6.45) is 7.91. The van der Waals surface area contributed by atoms with Crippen molar-refractivity contribution in [1.29, 1.82) is 0 Å². The van der Waals surface area contributed by atoms with Crippen LogP contribution >= 0.6 is 0 Å². The number of hydrogen-bond acceptors (Lipinski definition) is 4. The molecule has 148 valence electrons. The van der Waals surface area contributed by atoms with Crippen LogP contribution < -0.4 is 5.73 Å². The standard InChI is InChI=1S/C15H17NO4.C6H13N/c17-14(16-7-3-6-12(16)15(18)19)13-8-10-4-1-2-5-11(10)9-20-13;7-6-4-2-1-3-5-6/h1-2,4-5,12-13H,3,6-9H2,(H,18,19);6H,1-5,7H2/t12-,13?;/m0./s1. The van der Waals surface area contributed by atoms with Crippen LogP contribution in [0.5, 0.6) is 0 Å². The summed E-state index contributed by atoms with van der Waals surface area (Å²) in [5.41, 5.74) is 7.85. The van der Waals surface area contributed by atoms with E-state index in [1.165, 1.54) is 37.0 Å². The summed E-state index contributed by atoms with van der Waals surface area (Å²) >= 11 is 0. The quantitative estimate of drug-likeness (QED) is 0.830. The van der Waals surface area contributed by atoms with E-state index in [-0.39, 0.29) is 5.91 Å². The highest BCUT2D eigenvalue weighted by Gasteiger charge is 2.38. The molecule has 27 heavy (non-hydrogen) atoms. The van der Waals surface area contributed by atoms with Crippen LogP contribution in [-0.2, 0) is 27.4 Å². The van der Waals surface area contributed by atoms with Gasteiger partial charge in [0.1, 0.15) is 12.1 Å². The molecule has 1 amide bonds. The van der Waals surface area contributed by atoms with Crippen LogP contribution in [0.25, 0.3) is 0 Å². The Morgan fingerprint density at radius 3 is 2.37 bits per heavy atom. The van der Waals surface area contributed by atoms with Crippen LogP contribution in [0.3, 0.4) is 0 Å². The summed E-state index contributed by atoms with van der Waals surface area (Å²) in [7, 11) is 0. The fraction of sp³-hybridized carbons (Fsp3) is 0.619. The molecule has 6 heteroatoms. The normalized spacial score (nSPS) is 25.3. The Bertz CT molecular complexity index is 657. The van der Waals surface area contributed by atoms with E-state index in [4.69, 9.17) is 15.6 Å². The molecule has 0 aromatic heterocycles. The van der Waals surface area contributed by atoms with E-state index in [0.29, 0.717) is 32.0 Å². The number of carbonyl (C=O) groups is 2. The lowest BCUT2D eigenvalue weighted by atomic mass is 9.97. The maximum absolute atomic E-state index is 12.5. The van der Waals surface area contributed by atoms with Gasteiger partial charge in [0.25, 0.3) is 5.91 Å². The number of likely N-dealkylation sites (tertiary alicyclic amines) is 1. The van der Waals surface area contributed by atoms with Crippen LogP contribution in [-0.4, -0.2) is 46.6 Å². The number of carboxylic acid groups (broad SMARTS) is 1. The number of rotatable bonds is 2. The average molecular weight is 374 g/mol. The van der Waals surface area contributed by atoms with E-state index in [1.54, 1.807) is 0 Å². The average Bonchev–Trinajstić information content (AvgIpc) is 3.18. The molecule has 1 aromatic carbocycles. The maximum Gasteiger partial charge on any atom is 0.326 e. The molecule has 4 rings (SSSR count). The number of amides is 1. The Hall–Kier alpha value is -1.92. The van der Waals surface area contributed by atoms with Crippen LogP contribution in [0, 0.1) is 0 Å². The first-order valence-electron chi connectivity index (χ1n) is 10.0. The number of ether oxygens (including phenoxy) is 1. The van der Waals surface area contributed by atoms with Crippen molar-refractivity contribution >= 4 is 11.9 Å². The predicted octanol–water partition coefficient (Wildman–Crippen LogP) is 2.48.